The molecule has 0 aliphatic carbocycles. The van der Waals surface area contributed by atoms with Crippen molar-refractivity contribution in [1.29, 1.82) is 0 Å². The lowest BCUT2D eigenvalue weighted by Gasteiger charge is -2.25. The second-order valence-corrected chi connectivity index (χ2v) is 8.06. The van der Waals surface area contributed by atoms with Gasteiger partial charge in [0, 0.05) is 17.7 Å². The Labute approximate surface area is 199 Å². The van der Waals surface area contributed by atoms with Gasteiger partial charge in [-0.1, -0.05) is 42.5 Å². The minimum Gasteiger partial charge on any atom is -0.497 e. The minimum atomic E-state index is 0.627. The van der Waals surface area contributed by atoms with Crippen molar-refractivity contribution < 1.29 is 9.47 Å². The molecule has 0 unspecified atom stereocenters. The van der Waals surface area contributed by atoms with E-state index in [0.717, 1.165) is 39.7 Å². The number of hydrogen-bond donors (Lipinski definition) is 0. The van der Waals surface area contributed by atoms with Gasteiger partial charge in [0.15, 0.2) is 5.82 Å². The third-order valence-electron chi connectivity index (χ3n) is 5.28. The Balaban J connectivity index is 1.81. The molecule has 0 spiro atoms. The van der Waals surface area contributed by atoms with E-state index >= 15 is 0 Å². The Morgan fingerprint density at radius 1 is 0.848 bits per heavy atom. The van der Waals surface area contributed by atoms with Crippen LogP contribution >= 0.6 is 12.2 Å². The average molecular weight is 456 g/mol. The van der Waals surface area contributed by atoms with Crippen LogP contribution in [0.1, 0.15) is 18.2 Å². The summed E-state index contributed by atoms with van der Waals surface area (Å²) in [5.41, 5.74) is 4.67. The molecular formula is C27H25N3O2S. The van der Waals surface area contributed by atoms with E-state index in [9.17, 15) is 0 Å². The van der Waals surface area contributed by atoms with Crippen LogP contribution in [-0.2, 0) is 6.42 Å². The Morgan fingerprint density at radius 3 is 2.03 bits per heavy atom. The first-order valence-electron chi connectivity index (χ1n) is 10.6. The number of methoxy groups -OCH3 is 2. The molecule has 4 rings (SSSR count). The van der Waals surface area contributed by atoms with Gasteiger partial charge in [-0.2, -0.15) is 0 Å². The van der Waals surface area contributed by atoms with Gasteiger partial charge in [0.2, 0.25) is 0 Å². The summed E-state index contributed by atoms with van der Waals surface area (Å²) >= 11 is 5.63. The lowest BCUT2D eigenvalue weighted by molar-refractivity contribution is 0.415. The minimum absolute atomic E-state index is 0.627. The lowest BCUT2D eigenvalue weighted by Crippen LogP contribution is -2.24. The fourth-order valence-electron chi connectivity index (χ4n) is 3.60. The van der Waals surface area contributed by atoms with Crippen molar-refractivity contribution in [2.24, 2.45) is 0 Å². The molecule has 0 saturated carbocycles. The van der Waals surface area contributed by atoms with Crippen LogP contribution in [0.5, 0.6) is 11.5 Å². The number of hydrogen-bond acceptors (Lipinski definition) is 5. The molecule has 5 nitrogen and oxygen atoms in total. The highest BCUT2D eigenvalue weighted by molar-refractivity contribution is 7.80. The van der Waals surface area contributed by atoms with Crippen molar-refractivity contribution in [3.05, 3.63) is 96.3 Å². The summed E-state index contributed by atoms with van der Waals surface area (Å²) in [6, 6.07) is 25.8. The van der Waals surface area contributed by atoms with Crippen molar-refractivity contribution in [1.82, 2.24) is 9.97 Å². The van der Waals surface area contributed by atoms with Crippen LogP contribution < -0.4 is 14.4 Å². The van der Waals surface area contributed by atoms with Crippen molar-refractivity contribution >= 4 is 28.7 Å². The highest BCUT2D eigenvalue weighted by Gasteiger charge is 2.20. The lowest BCUT2D eigenvalue weighted by atomic mass is 10.1. The van der Waals surface area contributed by atoms with Gasteiger partial charge in [0.05, 0.1) is 36.8 Å². The number of thiocarbonyl (C=S) groups is 1. The Kier molecular flexibility index (Phi) is 6.95. The topological polar surface area (TPSA) is 47.5 Å². The number of anilines is 2. The van der Waals surface area contributed by atoms with Crippen molar-refractivity contribution in [2.75, 3.05) is 19.1 Å². The fourth-order valence-corrected chi connectivity index (χ4v) is 3.79. The average Bonchev–Trinajstić information content (AvgIpc) is 2.86. The molecule has 166 valence electrons. The molecule has 33 heavy (non-hydrogen) atoms. The normalized spacial score (nSPS) is 10.5. The predicted octanol–water partition coefficient (Wildman–Crippen LogP) is 6.24. The second-order valence-electron chi connectivity index (χ2n) is 7.47. The summed E-state index contributed by atoms with van der Waals surface area (Å²) in [7, 11) is 3.31. The molecule has 0 radical (unpaired) electrons. The first-order valence-corrected chi connectivity index (χ1v) is 11.0. The highest BCUT2D eigenvalue weighted by Crippen LogP contribution is 2.31. The third-order valence-corrected chi connectivity index (χ3v) is 5.46. The van der Waals surface area contributed by atoms with Gasteiger partial charge in [-0.3, -0.25) is 4.90 Å². The highest BCUT2D eigenvalue weighted by atomic mass is 32.1. The van der Waals surface area contributed by atoms with Gasteiger partial charge in [-0.05, 0) is 61.0 Å². The van der Waals surface area contributed by atoms with Crippen LogP contribution in [0.4, 0.5) is 11.5 Å². The molecule has 1 aromatic heterocycles. The predicted molar refractivity (Wildman–Crippen MR) is 137 cm³/mol. The summed E-state index contributed by atoms with van der Waals surface area (Å²) in [6.45, 7) is 1.89. The van der Waals surface area contributed by atoms with Crippen LogP contribution in [0.25, 0.3) is 11.3 Å². The van der Waals surface area contributed by atoms with Crippen LogP contribution in [0.2, 0.25) is 0 Å². The molecule has 0 aliphatic rings. The number of aromatic nitrogens is 2. The van der Waals surface area contributed by atoms with Crippen molar-refractivity contribution in [2.45, 2.75) is 13.3 Å². The van der Waals surface area contributed by atoms with Crippen LogP contribution in [0.15, 0.2) is 85.1 Å². The Hall–Kier alpha value is -3.77. The van der Waals surface area contributed by atoms with E-state index in [0.29, 0.717) is 17.2 Å². The van der Waals surface area contributed by atoms with Gasteiger partial charge in [-0.15, -0.1) is 0 Å². The van der Waals surface area contributed by atoms with Gasteiger partial charge in [-0.25, -0.2) is 9.97 Å². The molecule has 1 heterocycles. The summed E-state index contributed by atoms with van der Waals surface area (Å²) < 4.78 is 10.6. The fraction of sp³-hybridized carbons (Fsp3) is 0.148. The van der Waals surface area contributed by atoms with E-state index in [1.54, 1.807) is 20.4 Å². The largest absolute Gasteiger partial charge is 0.497 e. The van der Waals surface area contributed by atoms with Gasteiger partial charge >= 0.3 is 0 Å². The zero-order chi connectivity index (χ0) is 23.2. The standard InChI is InChI=1S/C27H25N3O2S/c1-19(33)30(22-11-15-24(32-3)16-12-22)27-25(17-20-7-5-4-6-8-20)29-26(18-28-27)21-9-13-23(31-2)14-10-21/h4-16,18H,17H2,1-3H3. The summed E-state index contributed by atoms with van der Waals surface area (Å²) in [5.74, 6) is 2.30. The van der Waals surface area contributed by atoms with E-state index in [1.165, 1.54) is 0 Å². The maximum atomic E-state index is 5.63. The maximum absolute atomic E-state index is 5.63. The summed E-state index contributed by atoms with van der Waals surface area (Å²) in [4.78, 5) is 12.5. The van der Waals surface area contributed by atoms with E-state index in [-0.39, 0.29) is 0 Å². The quantitative estimate of drug-likeness (QED) is 0.308. The van der Waals surface area contributed by atoms with Crippen LogP contribution in [-0.4, -0.2) is 29.2 Å². The number of rotatable bonds is 7. The number of ether oxygens (including phenoxy) is 2. The SMILES string of the molecule is COc1ccc(-c2cnc(N(C(C)=S)c3ccc(OC)cc3)c(Cc3ccccc3)n2)cc1. The van der Waals surface area contributed by atoms with Crippen molar-refractivity contribution in [3.8, 4) is 22.8 Å². The van der Waals surface area contributed by atoms with E-state index < -0.39 is 0 Å². The van der Waals surface area contributed by atoms with Crippen LogP contribution in [0, 0.1) is 0 Å². The van der Waals surface area contributed by atoms with Gasteiger partial charge < -0.3 is 9.47 Å². The maximum Gasteiger partial charge on any atom is 0.160 e. The van der Waals surface area contributed by atoms with E-state index in [2.05, 4.69) is 12.1 Å². The van der Waals surface area contributed by atoms with Crippen LogP contribution in [0.3, 0.4) is 0 Å². The number of benzene rings is 3. The number of nitrogens with zero attached hydrogens (tertiary/aromatic N) is 3. The van der Waals surface area contributed by atoms with Gasteiger partial charge in [0.1, 0.15) is 11.5 Å². The van der Waals surface area contributed by atoms with E-state index in [1.807, 2.05) is 78.6 Å². The van der Waals surface area contributed by atoms with Crippen molar-refractivity contribution in [3.63, 3.8) is 0 Å². The smallest absolute Gasteiger partial charge is 0.160 e. The molecule has 0 aliphatic heterocycles. The molecule has 4 aromatic rings. The third kappa shape index (κ3) is 5.18. The molecular weight excluding hydrogens is 430 g/mol. The first-order chi connectivity index (χ1) is 16.1. The molecule has 0 amide bonds. The molecule has 6 heteroatoms. The van der Waals surface area contributed by atoms with E-state index in [4.69, 9.17) is 31.7 Å². The zero-order valence-corrected chi connectivity index (χ0v) is 19.7. The monoisotopic (exact) mass is 455 g/mol. The second kappa shape index (κ2) is 10.2. The molecule has 0 fully saturated rings. The molecule has 0 bridgehead atoms. The first kappa shape index (κ1) is 22.4. The Morgan fingerprint density at radius 2 is 1.45 bits per heavy atom. The van der Waals surface area contributed by atoms with Gasteiger partial charge in [0.25, 0.3) is 0 Å². The molecule has 0 saturated heterocycles. The summed E-state index contributed by atoms with van der Waals surface area (Å²) in [5, 5.41) is 0. The summed E-state index contributed by atoms with van der Waals surface area (Å²) in [6.07, 6.45) is 2.42. The Bertz CT molecular complexity index is 1230. The molecule has 3 aromatic carbocycles. The zero-order valence-electron chi connectivity index (χ0n) is 18.9. The molecule has 0 N–H and O–H groups in total. The molecule has 0 atom stereocenters.